The number of nitrogens with one attached hydrogen (secondary N) is 1. The largest absolute Gasteiger partial charge is 0.497 e. The molecule has 186 valence electrons. The summed E-state index contributed by atoms with van der Waals surface area (Å²) in [6.45, 7) is 5.25. The highest BCUT2D eigenvalue weighted by molar-refractivity contribution is 7.92. The fourth-order valence-electron chi connectivity index (χ4n) is 3.42. The van der Waals surface area contributed by atoms with E-state index in [1.54, 1.807) is 63.4 Å². The number of nitrogens with zero attached hydrogens (tertiary/aromatic N) is 2. The molecule has 34 heavy (non-hydrogen) atoms. The predicted octanol–water partition coefficient (Wildman–Crippen LogP) is 2.33. The Morgan fingerprint density at radius 3 is 2.24 bits per heavy atom. The summed E-state index contributed by atoms with van der Waals surface area (Å²) in [7, 11) is -0.854. The van der Waals surface area contributed by atoms with E-state index >= 15 is 0 Å². The summed E-state index contributed by atoms with van der Waals surface area (Å²) < 4.78 is 37.0. The van der Waals surface area contributed by atoms with Gasteiger partial charge >= 0.3 is 0 Å². The number of methoxy groups -OCH3 is 2. The van der Waals surface area contributed by atoms with Gasteiger partial charge in [0.05, 0.1) is 26.2 Å². The van der Waals surface area contributed by atoms with Gasteiger partial charge in [0.1, 0.15) is 24.1 Å². The monoisotopic (exact) mass is 491 g/mol. The van der Waals surface area contributed by atoms with Crippen molar-refractivity contribution in [1.82, 2.24) is 10.2 Å². The summed E-state index contributed by atoms with van der Waals surface area (Å²) in [5, 5.41) is 2.72. The Morgan fingerprint density at radius 2 is 1.71 bits per heavy atom. The van der Waals surface area contributed by atoms with E-state index in [4.69, 9.17) is 9.47 Å². The standard InChI is InChI=1S/C24H33N3O6S/c1-7-25-24(29)18(3)26(15-19-9-11-20(32-4)12-10-19)23(28)16-27(34(6,30)31)21-14-17(2)8-13-22(21)33-5/h8-14,18H,7,15-16H2,1-6H3,(H,25,29)/t18-/m1/s1. The van der Waals surface area contributed by atoms with Gasteiger partial charge in [-0.05, 0) is 56.2 Å². The minimum atomic E-state index is -3.85. The Kier molecular flexibility index (Phi) is 9.31. The number of ether oxygens (including phenoxy) is 2. The summed E-state index contributed by atoms with van der Waals surface area (Å²) in [5.74, 6) is 0.127. The van der Waals surface area contributed by atoms with Gasteiger partial charge in [0.25, 0.3) is 0 Å². The Labute approximate surface area is 201 Å². The third-order valence-corrected chi connectivity index (χ3v) is 6.44. The number of carbonyl (C=O) groups excluding carboxylic acids is 2. The number of carbonyl (C=O) groups is 2. The smallest absolute Gasteiger partial charge is 0.244 e. The second kappa shape index (κ2) is 11.7. The van der Waals surface area contributed by atoms with Crippen LogP contribution in [0.3, 0.4) is 0 Å². The summed E-state index contributed by atoms with van der Waals surface area (Å²) in [6.07, 6.45) is 1.03. The number of sulfonamides is 1. The summed E-state index contributed by atoms with van der Waals surface area (Å²) in [6, 6.07) is 11.4. The van der Waals surface area contributed by atoms with Crippen molar-refractivity contribution in [3.05, 3.63) is 53.6 Å². The molecule has 0 heterocycles. The Bertz CT molecular complexity index is 1100. The molecule has 0 saturated carbocycles. The highest BCUT2D eigenvalue weighted by atomic mass is 32.2. The lowest BCUT2D eigenvalue weighted by Crippen LogP contribution is -2.51. The number of amides is 2. The van der Waals surface area contributed by atoms with E-state index in [1.807, 2.05) is 6.92 Å². The first kappa shape index (κ1) is 27.0. The van der Waals surface area contributed by atoms with Gasteiger partial charge in [-0.3, -0.25) is 13.9 Å². The maximum atomic E-state index is 13.5. The van der Waals surface area contributed by atoms with Crippen molar-refractivity contribution in [2.75, 3.05) is 37.9 Å². The number of benzene rings is 2. The summed E-state index contributed by atoms with van der Waals surface area (Å²) >= 11 is 0. The van der Waals surface area contributed by atoms with E-state index in [2.05, 4.69) is 5.32 Å². The average molecular weight is 492 g/mol. The van der Waals surface area contributed by atoms with E-state index in [0.29, 0.717) is 18.0 Å². The molecule has 2 aromatic rings. The fourth-order valence-corrected chi connectivity index (χ4v) is 4.27. The topological polar surface area (TPSA) is 105 Å². The molecule has 0 aliphatic carbocycles. The summed E-state index contributed by atoms with van der Waals surface area (Å²) in [5.41, 5.74) is 1.83. The van der Waals surface area contributed by atoms with Crippen LogP contribution in [0.15, 0.2) is 42.5 Å². The second-order valence-electron chi connectivity index (χ2n) is 7.89. The molecule has 10 heteroatoms. The molecule has 0 radical (unpaired) electrons. The zero-order valence-electron chi connectivity index (χ0n) is 20.5. The third-order valence-electron chi connectivity index (χ3n) is 5.31. The first-order chi connectivity index (χ1) is 16.0. The van der Waals surface area contributed by atoms with Crippen LogP contribution in [0.5, 0.6) is 11.5 Å². The molecular formula is C24H33N3O6S. The van der Waals surface area contributed by atoms with E-state index in [0.717, 1.165) is 21.7 Å². The summed E-state index contributed by atoms with van der Waals surface area (Å²) in [4.78, 5) is 27.5. The van der Waals surface area contributed by atoms with Gasteiger partial charge in [0.2, 0.25) is 21.8 Å². The molecule has 2 aromatic carbocycles. The molecular weight excluding hydrogens is 458 g/mol. The van der Waals surface area contributed by atoms with Crippen LogP contribution < -0.4 is 19.1 Å². The molecule has 0 bridgehead atoms. The zero-order chi connectivity index (χ0) is 25.5. The lowest BCUT2D eigenvalue weighted by Gasteiger charge is -2.32. The SMILES string of the molecule is CCNC(=O)[C@@H](C)N(Cc1ccc(OC)cc1)C(=O)CN(c1cc(C)ccc1OC)S(C)(=O)=O. The van der Waals surface area contributed by atoms with Gasteiger partial charge in [-0.1, -0.05) is 18.2 Å². The lowest BCUT2D eigenvalue weighted by molar-refractivity contribution is -0.139. The van der Waals surface area contributed by atoms with Gasteiger partial charge in [0, 0.05) is 13.1 Å². The Balaban J connectivity index is 2.44. The Hall–Kier alpha value is -3.27. The highest BCUT2D eigenvalue weighted by Crippen LogP contribution is 2.31. The highest BCUT2D eigenvalue weighted by Gasteiger charge is 2.31. The Morgan fingerprint density at radius 1 is 1.06 bits per heavy atom. The van der Waals surface area contributed by atoms with Gasteiger partial charge in [-0.15, -0.1) is 0 Å². The molecule has 0 aromatic heterocycles. The van der Waals surface area contributed by atoms with Crippen LogP contribution in [-0.2, 0) is 26.2 Å². The molecule has 1 N–H and O–H groups in total. The van der Waals surface area contributed by atoms with Crippen LogP contribution in [0.1, 0.15) is 25.0 Å². The van der Waals surface area contributed by atoms with Crippen molar-refractivity contribution in [3.8, 4) is 11.5 Å². The minimum Gasteiger partial charge on any atom is -0.497 e. The minimum absolute atomic E-state index is 0.115. The van der Waals surface area contributed by atoms with E-state index < -0.39 is 28.5 Å². The van der Waals surface area contributed by atoms with Gasteiger partial charge in [0.15, 0.2) is 0 Å². The maximum absolute atomic E-state index is 13.5. The van der Waals surface area contributed by atoms with Crippen LogP contribution >= 0.6 is 0 Å². The number of rotatable bonds is 11. The second-order valence-corrected chi connectivity index (χ2v) is 9.79. The number of anilines is 1. The van der Waals surface area contributed by atoms with Crippen LogP contribution in [0.4, 0.5) is 5.69 Å². The van der Waals surface area contributed by atoms with Crippen molar-refractivity contribution in [2.45, 2.75) is 33.4 Å². The van der Waals surface area contributed by atoms with E-state index in [-0.39, 0.29) is 18.1 Å². The molecule has 0 spiro atoms. The van der Waals surface area contributed by atoms with E-state index in [1.165, 1.54) is 12.0 Å². The molecule has 0 fully saturated rings. The number of aryl methyl sites for hydroxylation is 1. The molecule has 0 aliphatic rings. The third kappa shape index (κ3) is 6.86. The van der Waals surface area contributed by atoms with Crippen molar-refractivity contribution in [3.63, 3.8) is 0 Å². The van der Waals surface area contributed by atoms with E-state index in [9.17, 15) is 18.0 Å². The van der Waals surface area contributed by atoms with Crippen molar-refractivity contribution in [2.24, 2.45) is 0 Å². The van der Waals surface area contributed by atoms with Gasteiger partial charge in [-0.2, -0.15) is 0 Å². The lowest BCUT2D eigenvalue weighted by atomic mass is 10.1. The molecule has 2 amide bonds. The normalized spacial score (nSPS) is 11.9. The van der Waals surface area contributed by atoms with Gasteiger partial charge in [-0.25, -0.2) is 8.42 Å². The predicted molar refractivity (Wildman–Crippen MR) is 132 cm³/mol. The average Bonchev–Trinajstić information content (AvgIpc) is 2.80. The van der Waals surface area contributed by atoms with Crippen LogP contribution in [0.2, 0.25) is 0 Å². The van der Waals surface area contributed by atoms with Crippen molar-refractivity contribution in [1.29, 1.82) is 0 Å². The quantitative estimate of drug-likeness (QED) is 0.517. The number of likely N-dealkylation sites (N-methyl/N-ethyl adjacent to an activating group) is 1. The molecule has 0 unspecified atom stereocenters. The van der Waals surface area contributed by atoms with Gasteiger partial charge < -0.3 is 19.7 Å². The molecule has 0 aliphatic heterocycles. The first-order valence-corrected chi connectivity index (χ1v) is 12.7. The van der Waals surface area contributed by atoms with Crippen LogP contribution in [0, 0.1) is 6.92 Å². The molecule has 0 saturated heterocycles. The number of hydrogen-bond donors (Lipinski definition) is 1. The zero-order valence-corrected chi connectivity index (χ0v) is 21.3. The number of hydrogen-bond acceptors (Lipinski definition) is 6. The van der Waals surface area contributed by atoms with Crippen LogP contribution in [0.25, 0.3) is 0 Å². The molecule has 9 nitrogen and oxygen atoms in total. The fraction of sp³-hybridized carbons (Fsp3) is 0.417. The van der Waals surface area contributed by atoms with Crippen molar-refractivity contribution >= 4 is 27.5 Å². The molecule has 1 atom stereocenters. The van der Waals surface area contributed by atoms with Crippen LogP contribution in [-0.4, -0.2) is 64.7 Å². The van der Waals surface area contributed by atoms with Crippen molar-refractivity contribution < 1.29 is 27.5 Å². The maximum Gasteiger partial charge on any atom is 0.244 e. The first-order valence-electron chi connectivity index (χ1n) is 10.8. The molecule has 2 rings (SSSR count).